The van der Waals surface area contributed by atoms with Gasteiger partial charge in [-0.05, 0) is 64.1 Å². The van der Waals surface area contributed by atoms with Crippen LogP contribution in [0.3, 0.4) is 0 Å². The lowest BCUT2D eigenvalue weighted by atomic mass is 10.2. The van der Waals surface area contributed by atoms with Gasteiger partial charge < -0.3 is 4.74 Å². The van der Waals surface area contributed by atoms with Crippen LogP contribution in [0.25, 0.3) is 21.6 Å². The molecule has 0 spiro atoms. The second-order valence-electron chi connectivity index (χ2n) is 7.53. The number of thiophene rings is 1. The molecule has 0 amide bonds. The molecule has 0 radical (unpaired) electrons. The number of sulfonamides is 1. The van der Waals surface area contributed by atoms with Gasteiger partial charge in [0.25, 0.3) is 0 Å². The van der Waals surface area contributed by atoms with E-state index in [1.165, 1.54) is 0 Å². The van der Waals surface area contributed by atoms with Crippen molar-refractivity contribution in [3.8, 4) is 16.5 Å². The summed E-state index contributed by atoms with van der Waals surface area (Å²) in [5, 5.41) is 1.95. The predicted molar refractivity (Wildman–Crippen MR) is 119 cm³/mol. The molecule has 6 nitrogen and oxygen atoms in total. The summed E-state index contributed by atoms with van der Waals surface area (Å²) in [5.41, 5.74) is 2.57. The maximum absolute atomic E-state index is 11.1. The zero-order chi connectivity index (χ0) is 21.0. The van der Waals surface area contributed by atoms with Crippen LogP contribution >= 0.6 is 11.3 Å². The molecule has 2 heterocycles. The average molecular weight is 434 g/mol. The maximum atomic E-state index is 11.1. The summed E-state index contributed by atoms with van der Waals surface area (Å²) in [6, 6.07) is 11.9. The van der Waals surface area contributed by atoms with Gasteiger partial charge in [0.05, 0.1) is 27.3 Å². The smallest absolute Gasteiger partial charge is 0.242 e. The Hall–Kier alpha value is -2.03. The van der Waals surface area contributed by atoms with E-state index in [4.69, 9.17) is 9.72 Å². The second kappa shape index (κ2) is 9.19. The van der Waals surface area contributed by atoms with Crippen molar-refractivity contribution in [1.82, 2.24) is 14.7 Å². The first kappa shape index (κ1) is 21.7. The number of rotatable bonds is 6. The third kappa shape index (κ3) is 5.98. The molecule has 1 fully saturated rings. The summed E-state index contributed by atoms with van der Waals surface area (Å²) in [6.07, 6.45) is 1.75. The normalized spacial score (nSPS) is 14.1. The standard InChI is InChI=1S/C15H14N2OS.C6H13NO2S/c1-10(2)18-15-14(13-8-5-9-19-13)16-11-6-3-4-7-12(11)17-15;1-5(2)7-10(8,9)6-3-4-6/h3-10H,1-2H3;5-7H,3-4H2,1-2H3. The number of ether oxygens (including phenoxy) is 1. The van der Waals surface area contributed by atoms with Gasteiger partial charge in [0.1, 0.15) is 5.69 Å². The number of para-hydroxylation sites is 2. The summed E-state index contributed by atoms with van der Waals surface area (Å²) in [6.45, 7) is 7.66. The number of fused-ring (bicyclic) bond motifs is 1. The van der Waals surface area contributed by atoms with Gasteiger partial charge >= 0.3 is 0 Å². The van der Waals surface area contributed by atoms with E-state index in [0.29, 0.717) is 5.88 Å². The van der Waals surface area contributed by atoms with Crippen LogP contribution in [0, 0.1) is 0 Å². The third-order valence-corrected chi connectivity index (χ3v) is 7.03. The van der Waals surface area contributed by atoms with Crippen molar-refractivity contribution < 1.29 is 13.2 Å². The quantitative estimate of drug-likeness (QED) is 0.613. The molecule has 1 aliphatic carbocycles. The Kier molecular flexibility index (Phi) is 6.87. The number of nitrogens with zero attached hydrogens (tertiary/aromatic N) is 2. The molecule has 1 aromatic carbocycles. The first-order chi connectivity index (χ1) is 13.8. The van der Waals surface area contributed by atoms with Gasteiger partial charge in [0.2, 0.25) is 15.9 Å². The molecular formula is C21H27N3O3S2. The van der Waals surface area contributed by atoms with Crippen molar-refractivity contribution in [1.29, 1.82) is 0 Å². The molecule has 0 aliphatic heterocycles. The monoisotopic (exact) mass is 433 g/mol. The van der Waals surface area contributed by atoms with E-state index in [2.05, 4.69) is 9.71 Å². The van der Waals surface area contributed by atoms with E-state index >= 15 is 0 Å². The minimum Gasteiger partial charge on any atom is -0.473 e. The maximum Gasteiger partial charge on any atom is 0.242 e. The van der Waals surface area contributed by atoms with Gasteiger partial charge in [-0.15, -0.1) is 11.3 Å². The molecule has 0 bridgehead atoms. The molecule has 8 heteroatoms. The predicted octanol–water partition coefficient (Wildman–Crippen LogP) is 4.62. The fourth-order valence-corrected chi connectivity index (χ4v) is 4.98. The molecule has 2 aromatic heterocycles. The van der Waals surface area contributed by atoms with Gasteiger partial charge in [-0.2, -0.15) is 0 Å². The minimum atomic E-state index is -2.94. The van der Waals surface area contributed by atoms with E-state index in [1.807, 2.05) is 69.5 Å². The van der Waals surface area contributed by atoms with Crippen LogP contribution in [0.15, 0.2) is 41.8 Å². The lowest BCUT2D eigenvalue weighted by molar-refractivity contribution is 0.234. The van der Waals surface area contributed by atoms with Crippen molar-refractivity contribution in [2.45, 2.75) is 57.9 Å². The van der Waals surface area contributed by atoms with Crippen LogP contribution in [-0.2, 0) is 10.0 Å². The Bertz CT molecular complexity index is 1040. The summed E-state index contributed by atoms with van der Waals surface area (Å²) >= 11 is 1.64. The SMILES string of the molecule is CC(C)NS(=O)(=O)C1CC1.CC(C)Oc1nc2ccccc2nc1-c1cccs1. The molecule has 0 unspecified atom stereocenters. The molecule has 1 N–H and O–H groups in total. The van der Waals surface area contributed by atoms with Crippen LogP contribution in [0.5, 0.6) is 5.88 Å². The van der Waals surface area contributed by atoms with Gasteiger partial charge in [-0.25, -0.2) is 23.1 Å². The largest absolute Gasteiger partial charge is 0.473 e. The zero-order valence-electron chi connectivity index (χ0n) is 17.1. The van der Waals surface area contributed by atoms with Crippen LogP contribution < -0.4 is 9.46 Å². The Balaban J connectivity index is 0.000000204. The third-order valence-electron chi connectivity index (χ3n) is 4.00. The van der Waals surface area contributed by atoms with Crippen molar-refractivity contribution >= 4 is 32.4 Å². The molecule has 0 saturated heterocycles. The van der Waals surface area contributed by atoms with E-state index in [9.17, 15) is 8.42 Å². The van der Waals surface area contributed by atoms with Crippen molar-refractivity contribution in [3.63, 3.8) is 0 Å². The zero-order valence-corrected chi connectivity index (χ0v) is 18.8. The van der Waals surface area contributed by atoms with Crippen molar-refractivity contribution in [3.05, 3.63) is 41.8 Å². The summed E-state index contributed by atoms with van der Waals surface area (Å²) in [5.74, 6) is 0.608. The number of nitrogens with one attached hydrogen (secondary N) is 1. The number of aromatic nitrogens is 2. The first-order valence-corrected chi connectivity index (χ1v) is 12.2. The number of hydrogen-bond donors (Lipinski definition) is 1. The summed E-state index contributed by atoms with van der Waals surface area (Å²) in [7, 11) is -2.94. The Labute approximate surface area is 176 Å². The van der Waals surface area contributed by atoms with Gasteiger partial charge in [-0.3, -0.25) is 0 Å². The van der Waals surface area contributed by atoms with E-state index in [-0.39, 0.29) is 17.4 Å². The molecule has 1 aliphatic rings. The molecule has 156 valence electrons. The highest BCUT2D eigenvalue weighted by atomic mass is 32.2. The molecule has 1 saturated carbocycles. The van der Waals surface area contributed by atoms with Crippen molar-refractivity contribution in [2.24, 2.45) is 0 Å². The van der Waals surface area contributed by atoms with Crippen LogP contribution in [0.4, 0.5) is 0 Å². The molecular weight excluding hydrogens is 406 g/mol. The van der Waals surface area contributed by atoms with E-state index < -0.39 is 10.0 Å². The lowest BCUT2D eigenvalue weighted by Gasteiger charge is -2.12. The second-order valence-corrected chi connectivity index (χ2v) is 10.5. The first-order valence-electron chi connectivity index (χ1n) is 9.74. The Morgan fingerprint density at radius 2 is 1.69 bits per heavy atom. The summed E-state index contributed by atoms with van der Waals surface area (Å²) in [4.78, 5) is 10.4. The van der Waals surface area contributed by atoms with Crippen molar-refractivity contribution in [2.75, 3.05) is 0 Å². The fourth-order valence-electron chi connectivity index (χ4n) is 2.67. The van der Waals surface area contributed by atoms with E-state index in [1.54, 1.807) is 11.3 Å². The van der Waals surface area contributed by atoms with Gasteiger partial charge in [-0.1, -0.05) is 18.2 Å². The van der Waals surface area contributed by atoms with Gasteiger partial charge in [0.15, 0.2) is 0 Å². The number of hydrogen-bond acceptors (Lipinski definition) is 6. The highest BCUT2D eigenvalue weighted by Crippen LogP contribution is 2.32. The highest BCUT2D eigenvalue weighted by molar-refractivity contribution is 7.90. The lowest BCUT2D eigenvalue weighted by Crippen LogP contribution is -2.32. The highest BCUT2D eigenvalue weighted by Gasteiger charge is 2.35. The average Bonchev–Trinajstić information content (AvgIpc) is 3.37. The Morgan fingerprint density at radius 1 is 1.03 bits per heavy atom. The topological polar surface area (TPSA) is 81.2 Å². The summed E-state index contributed by atoms with van der Waals surface area (Å²) < 4.78 is 30.5. The molecule has 4 rings (SSSR count). The van der Waals surface area contributed by atoms with Crippen LogP contribution in [-0.4, -0.2) is 35.8 Å². The number of benzene rings is 1. The fraction of sp³-hybridized carbons (Fsp3) is 0.429. The molecule has 3 aromatic rings. The van der Waals surface area contributed by atoms with E-state index in [0.717, 1.165) is 34.4 Å². The Morgan fingerprint density at radius 3 is 2.21 bits per heavy atom. The molecule has 29 heavy (non-hydrogen) atoms. The molecule has 0 atom stereocenters. The minimum absolute atomic E-state index is 0.0330. The van der Waals surface area contributed by atoms with Gasteiger partial charge in [0, 0.05) is 6.04 Å². The van der Waals surface area contributed by atoms with Crippen LogP contribution in [0.2, 0.25) is 0 Å². The van der Waals surface area contributed by atoms with Crippen LogP contribution in [0.1, 0.15) is 40.5 Å².